The molecular weight excluding hydrogens is 336 g/mol. The number of aryl methyl sites for hydroxylation is 1. The zero-order chi connectivity index (χ0) is 13.3. The fourth-order valence-corrected chi connectivity index (χ4v) is 5.90. The largest absolute Gasteiger partial charge is 0.317 e. The highest BCUT2D eigenvalue weighted by molar-refractivity contribution is 9.11. The van der Waals surface area contributed by atoms with Gasteiger partial charge in [-0.05, 0) is 60.4 Å². The Balaban J connectivity index is 2.24. The van der Waals surface area contributed by atoms with Crippen molar-refractivity contribution in [1.82, 2.24) is 9.62 Å². The Labute approximate surface area is 121 Å². The number of nitrogens with zero attached hydrogens (tertiary/aromatic N) is 1. The molecule has 0 saturated carbocycles. The van der Waals surface area contributed by atoms with E-state index >= 15 is 0 Å². The van der Waals surface area contributed by atoms with E-state index in [0.29, 0.717) is 4.21 Å². The molecule has 0 aromatic carbocycles. The predicted molar refractivity (Wildman–Crippen MR) is 77.6 cm³/mol. The molecule has 1 saturated heterocycles. The molecule has 2 rings (SSSR count). The highest BCUT2D eigenvalue weighted by Gasteiger charge is 2.30. The van der Waals surface area contributed by atoms with Gasteiger partial charge in [0.05, 0.1) is 3.79 Å². The van der Waals surface area contributed by atoms with Crippen LogP contribution in [0.1, 0.15) is 18.4 Å². The van der Waals surface area contributed by atoms with E-state index < -0.39 is 10.0 Å². The van der Waals surface area contributed by atoms with Crippen molar-refractivity contribution in [1.29, 1.82) is 0 Å². The molecular formula is C11H17BrN2O2S2. The van der Waals surface area contributed by atoms with Crippen molar-refractivity contribution >= 4 is 37.3 Å². The second kappa shape index (κ2) is 5.58. The third kappa shape index (κ3) is 2.80. The normalized spacial score (nSPS) is 18.4. The number of nitrogens with one attached hydrogen (secondary N) is 1. The number of sulfonamides is 1. The zero-order valence-electron chi connectivity index (χ0n) is 10.4. The number of thiophene rings is 1. The van der Waals surface area contributed by atoms with E-state index in [4.69, 9.17) is 0 Å². The number of halogens is 1. The minimum absolute atomic E-state index is 0.109. The van der Waals surface area contributed by atoms with Crippen LogP contribution in [0, 0.1) is 6.92 Å². The van der Waals surface area contributed by atoms with Crippen LogP contribution in [0.4, 0.5) is 0 Å². The highest BCUT2D eigenvalue weighted by Crippen LogP contribution is 2.33. The average molecular weight is 353 g/mol. The SMILES string of the molecule is Cc1cc(S(=O)(=O)N(C)C2CCNCC2)sc1Br. The number of hydrogen-bond donors (Lipinski definition) is 1. The van der Waals surface area contributed by atoms with Crippen LogP contribution in [0.25, 0.3) is 0 Å². The first kappa shape index (κ1) is 14.5. The molecule has 0 aliphatic carbocycles. The molecule has 2 heterocycles. The summed E-state index contributed by atoms with van der Waals surface area (Å²) >= 11 is 4.66. The van der Waals surface area contributed by atoms with E-state index in [-0.39, 0.29) is 6.04 Å². The van der Waals surface area contributed by atoms with Gasteiger partial charge in [0.2, 0.25) is 0 Å². The van der Waals surface area contributed by atoms with Crippen LogP contribution in [0.15, 0.2) is 14.1 Å². The molecule has 0 bridgehead atoms. The van der Waals surface area contributed by atoms with Gasteiger partial charge in [0.15, 0.2) is 0 Å². The van der Waals surface area contributed by atoms with Crippen molar-refractivity contribution < 1.29 is 8.42 Å². The van der Waals surface area contributed by atoms with Gasteiger partial charge in [-0.15, -0.1) is 11.3 Å². The van der Waals surface area contributed by atoms with Crippen molar-refractivity contribution in [2.24, 2.45) is 0 Å². The van der Waals surface area contributed by atoms with E-state index in [9.17, 15) is 8.42 Å². The van der Waals surface area contributed by atoms with Gasteiger partial charge in [0.25, 0.3) is 10.0 Å². The lowest BCUT2D eigenvalue weighted by Crippen LogP contribution is -2.43. The lowest BCUT2D eigenvalue weighted by molar-refractivity contribution is 0.297. The number of rotatable bonds is 3. The Morgan fingerprint density at radius 3 is 2.56 bits per heavy atom. The molecule has 18 heavy (non-hydrogen) atoms. The summed E-state index contributed by atoms with van der Waals surface area (Å²) in [4.78, 5) is 0. The number of piperidine rings is 1. The quantitative estimate of drug-likeness (QED) is 0.906. The van der Waals surface area contributed by atoms with Crippen LogP contribution < -0.4 is 5.32 Å². The molecule has 1 aliphatic rings. The monoisotopic (exact) mass is 352 g/mol. The summed E-state index contributed by atoms with van der Waals surface area (Å²) in [6.45, 7) is 3.68. The molecule has 7 heteroatoms. The van der Waals surface area contributed by atoms with E-state index in [0.717, 1.165) is 35.3 Å². The third-order valence-corrected chi connectivity index (χ3v) is 7.79. The Morgan fingerprint density at radius 1 is 1.44 bits per heavy atom. The van der Waals surface area contributed by atoms with Crippen LogP contribution in [-0.2, 0) is 10.0 Å². The molecule has 0 atom stereocenters. The summed E-state index contributed by atoms with van der Waals surface area (Å²) in [5.41, 5.74) is 0.970. The van der Waals surface area contributed by atoms with E-state index in [1.165, 1.54) is 15.6 Å². The Bertz CT molecular complexity index is 502. The Morgan fingerprint density at radius 2 is 2.06 bits per heavy atom. The summed E-state index contributed by atoms with van der Waals surface area (Å²) in [5, 5.41) is 3.25. The third-order valence-electron chi connectivity index (χ3n) is 3.29. The summed E-state index contributed by atoms with van der Waals surface area (Å²) in [6, 6.07) is 1.85. The molecule has 1 aromatic rings. The summed E-state index contributed by atoms with van der Waals surface area (Å²) < 4.78 is 27.8. The standard InChI is InChI=1S/C11H17BrN2O2S2/c1-8-7-10(17-11(8)12)18(15,16)14(2)9-3-5-13-6-4-9/h7,9,13H,3-6H2,1-2H3. The van der Waals surface area contributed by atoms with Crippen LogP contribution in [0.2, 0.25) is 0 Å². The van der Waals surface area contributed by atoms with Gasteiger partial charge in [-0.3, -0.25) is 0 Å². The van der Waals surface area contributed by atoms with Gasteiger partial charge in [-0.1, -0.05) is 0 Å². The summed E-state index contributed by atoms with van der Waals surface area (Å²) in [6.07, 6.45) is 1.75. The van der Waals surface area contributed by atoms with Gasteiger partial charge in [-0.25, -0.2) is 8.42 Å². The van der Waals surface area contributed by atoms with Crippen molar-refractivity contribution in [3.63, 3.8) is 0 Å². The lowest BCUT2D eigenvalue weighted by Gasteiger charge is -2.30. The second-order valence-corrected chi connectivity index (χ2v) is 9.12. The first-order valence-corrected chi connectivity index (χ1v) is 8.92. The minimum Gasteiger partial charge on any atom is -0.317 e. The maximum Gasteiger partial charge on any atom is 0.252 e. The van der Waals surface area contributed by atoms with Gasteiger partial charge >= 0.3 is 0 Å². The van der Waals surface area contributed by atoms with Crippen LogP contribution in [-0.4, -0.2) is 38.9 Å². The molecule has 0 amide bonds. The average Bonchev–Trinajstić information content (AvgIpc) is 2.70. The molecule has 0 radical (unpaired) electrons. The first-order chi connectivity index (χ1) is 8.43. The highest BCUT2D eigenvalue weighted by atomic mass is 79.9. The van der Waals surface area contributed by atoms with Crippen LogP contribution >= 0.6 is 27.3 Å². The van der Waals surface area contributed by atoms with Crippen molar-refractivity contribution in [3.8, 4) is 0 Å². The molecule has 102 valence electrons. The Kier molecular flexibility index (Phi) is 4.48. The van der Waals surface area contributed by atoms with Gasteiger partial charge in [0, 0.05) is 13.1 Å². The van der Waals surface area contributed by atoms with Crippen molar-refractivity contribution in [2.45, 2.75) is 30.0 Å². The fraction of sp³-hybridized carbons (Fsp3) is 0.636. The predicted octanol–water partition coefficient (Wildman–Crippen LogP) is 2.19. The molecule has 1 N–H and O–H groups in total. The minimum atomic E-state index is -3.35. The topological polar surface area (TPSA) is 49.4 Å². The second-order valence-electron chi connectivity index (χ2n) is 4.52. The van der Waals surface area contributed by atoms with Gasteiger partial charge in [-0.2, -0.15) is 4.31 Å². The lowest BCUT2D eigenvalue weighted by atomic mass is 10.1. The summed E-state index contributed by atoms with van der Waals surface area (Å²) in [5.74, 6) is 0. The van der Waals surface area contributed by atoms with Gasteiger partial charge in [0.1, 0.15) is 4.21 Å². The molecule has 0 unspecified atom stereocenters. The number of hydrogen-bond acceptors (Lipinski definition) is 4. The molecule has 0 spiro atoms. The maximum absolute atomic E-state index is 12.5. The molecule has 1 aliphatic heterocycles. The Hall–Kier alpha value is 0.0500. The fourth-order valence-electron chi connectivity index (χ4n) is 2.07. The summed E-state index contributed by atoms with van der Waals surface area (Å²) in [7, 11) is -1.66. The van der Waals surface area contributed by atoms with Crippen molar-refractivity contribution in [3.05, 3.63) is 15.4 Å². The smallest absolute Gasteiger partial charge is 0.252 e. The van der Waals surface area contributed by atoms with E-state index in [1.807, 2.05) is 6.92 Å². The first-order valence-electron chi connectivity index (χ1n) is 5.87. The molecule has 4 nitrogen and oxygen atoms in total. The molecule has 1 fully saturated rings. The van der Waals surface area contributed by atoms with E-state index in [2.05, 4.69) is 21.2 Å². The molecule has 1 aromatic heterocycles. The van der Waals surface area contributed by atoms with Gasteiger partial charge < -0.3 is 5.32 Å². The van der Waals surface area contributed by atoms with Crippen LogP contribution in [0.5, 0.6) is 0 Å². The maximum atomic E-state index is 12.5. The van der Waals surface area contributed by atoms with Crippen molar-refractivity contribution in [2.75, 3.05) is 20.1 Å². The van der Waals surface area contributed by atoms with Crippen LogP contribution in [0.3, 0.4) is 0 Å². The van der Waals surface area contributed by atoms with E-state index in [1.54, 1.807) is 13.1 Å². The zero-order valence-corrected chi connectivity index (χ0v) is 13.7.